The minimum atomic E-state index is -0.484. The van der Waals surface area contributed by atoms with Crippen molar-refractivity contribution in [2.75, 3.05) is 0 Å². The van der Waals surface area contributed by atoms with Crippen LogP contribution in [0.5, 0.6) is 0 Å². The van der Waals surface area contributed by atoms with E-state index in [1.54, 1.807) is 13.0 Å². The predicted molar refractivity (Wildman–Crippen MR) is 94.3 cm³/mol. The molecule has 2 rings (SSSR count). The van der Waals surface area contributed by atoms with Crippen LogP contribution in [0.1, 0.15) is 18.1 Å². The summed E-state index contributed by atoms with van der Waals surface area (Å²) in [5.74, 6) is 0.00908. The summed E-state index contributed by atoms with van der Waals surface area (Å²) in [5, 5.41) is 3.75. The first-order valence-corrected chi connectivity index (χ1v) is 8.43. The largest absolute Gasteiger partial charge is 0.272 e. The van der Waals surface area contributed by atoms with Crippen molar-refractivity contribution in [3.05, 3.63) is 70.5 Å². The monoisotopic (exact) mass is 350 g/mol. The summed E-state index contributed by atoms with van der Waals surface area (Å²) in [4.78, 5) is 12.0. The highest BCUT2D eigenvalue weighted by Crippen LogP contribution is 2.18. The highest BCUT2D eigenvalue weighted by molar-refractivity contribution is 7.99. The highest BCUT2D eigenvalue weighted by atomic mass is 35.5. The van der Waals surface area contributed by atoms with Gasteiger partial charge < -0.3 is 0 Å². The molecule has 1 N–H and O–H groups in total. The number of nitrogens with one attached hydrogen (secondary N) is 1. The lowest BCUT2D eigenvalue weighted by molar-refractivity contribution is -0.120. The van der Waals surface area contributed by atoms with Gasteiger partial charge in [-0.3, -0.25) is 4.79 Å². The van der Waals surface area contributed by atoms with Gasteiger partial charge in [0.05, 0.1) is 16.5 Å². The summed E-state index contributed by atoms with van der Waals surface area (Å²) in [6.07, 6.45) is 1.21. The predicted octanol–water partition coefficient (Wildman–Crippen LogP) is 4.25. The SMILES string of the molecule is C[C@H](SCc1ccccc1)C(=O)N/N=C\c1c(F)cccc1Cl. The standard InChI is InChI=1S/C17H16ClFN2OS/c1-12(23-11-13-6-3-2-4-7-13)17(22)21-20-10-14-15(18)8-5-9-16(14)19/h2-10,12H,11H2,1H3,(H,21,22)/b20-10-/t12-/m0/s1. The molecule has 0 aliphatic heterocycles. The van der Waals surface area contributed by atoms with Gasteiger partial charge in [0.15, 0.2) is 0 Å². The van der Waals surface area contributed by atoms with E-state index in [4.69, 9.17) is 11.6 Å². The van der Waals surface area contributed by atoms with Gasteiger partial charge >= 0.3 is 0 Å². The van der Waals surface area contributed by atoms with Crippen LogP contribution in [0, 0.1) is 5.82 Å². The van der Waals surface area contributed by atoms with E-state index in [2.05, 4.69) is 10.5 Å². The van der Waals surface area contributed by atoms with Crippen LogP contribution in [-0.4, -0.2) is 17.4 Å². The molecule has 3 nitrogen and oxygen atoms in total. The molecule has 0 saturated heterocycles. The maximum atomic E-state index is 13.5. The van der Waals surface area contributed by atoms with Crippen LogP contribution < -0.4 is 5.43 Å². The van der Waals surface area contributed by atoms with Gasteiger partial charge in [-0.2, -0.15) is 5.10 Å². The molecule has 0 fully saturated rings. The lowest BCUT2D eigenvalue weighted by Crippen LogP contribution is -2.27. The van der Waals surface area contributed by atoms with Crippen molar-refractivity contribution in [3.63, 3.8) is 0 Å². The van der Waals surface area contributed by atoms with E-state index in [-0.39, 0.29) is 21.7 Å². The third kappa shape index (κ3) is 5.37. The summed E-state index contributed by atoms with van der Waals surface area (Å²) in [5.41, 5.74) is 3.71. The van der Waals surface area contributed by atoms with Gasteiger partial charge in [-0.15, -0.1) is 11.8 Å². The van der Waals surface area contributed by atoms with Gasteiger partial charge in [0.2, 0.25) is 0 Å². The first-order chi connectivity index (χ1) is 11.1. The molecule has 1 atom stereocenters. The summed E-state index contributed by atoms with van der Waals surface area (Å²) < 4.78 is 13.5. The van der Waals surface area contributed by atoms with Crippen molar-refractivity contribution in [2.24, 2.45) is 5.10 Å². The quantitative estimate of drug-likeness (QED) is 0.625. The summed E-state index contributed by atoms with van der Waals surface area (Å²) in [7, 11) is 0. The molecule has 1 amide bonds. The van der Waals surface area contributed by atoms with E-state index in [9.17, 15) is 9.18 Å². The number of carbonyl (C=O) groups excluding carboxylic acids is 1. The van der Waals surface area contributed by atoms with Gasteiger partial charge in [0.25, 0.3) is 5.91 Å². The molecule has 0 heterocycles. The molecular formula is C17H16ClFN2OS. The molecule has 2 aromatic rings. The van der Waals surface area contributed by atoms with Gasteiger partial charge in [0.1, 0.15) is 5.82 Å². The Morgan fingerprint density at radius 2 is 2.04 bits per heavy atom. The zero-order chi connectivity index (χ0) is 16.7. The molecule has 0 saturated carbocycles. The molecule has 0 spiro atoms. The number of hydrazone groups is 1. The second-order valence-electron chi connectivity index (χ2n) is 4.81. The highest BCUT2D eigenvalue weighted by Gasteiger charge is 2.12. The smallest absolute Gasteiger partial charge is 0.252 e. The van der Waals surface area contributed by atoms with Crippen LogP contribution >= 0.6 is 23.4 Å². The van der Waals surface area contributed by atoms with Crippen molar-refractivity contribution >= 4 is 35.5 Å². The Bertz CT molecular complexity index is 674. The average Bonchev–Trinajstić information content (AvgIpc) is 2.56. The summed E-state index contributed by atoms with van der Waals surface area (Å²) in [6, 6.07) is 14.3. The Morgan fingerprint density at radius 1 is 1.30 bits per heavy atom. The Kier molecular flexibility index (Phi) is 6.62. The number of hydrogen-bond acceptors (Lipinski definition) is 3. The molecule has 0 bridgehead atoms. The topological polar surface area (TPSA) is 41.5 Å². The second kappa shape index (κ2) is 8.70. The van der Waals surface area contributed by atoms with Gasteiger partial charge in [-0.05, 0) is 24.6 Å². The molecule has 0 aliphatic carbocycles. The molecule has 0 unspecified atom stereocenters. The molecule has 120 valence electrons. The summed E-state index contributed by atoms with van der Waals surface area (Å²) in [6.45, 7) is 1.80. The van der Waals surface area contributed by atoms with E-state index in [1.807, 2.05) is 30.3 Å². The van der Waals surface area contributed by atoms with Gasteiger partial charge in [-0.1, -0.05) is 48.0 Å². The molecular weight excluding hydrogens is 335 g/mol. The van der Waals surface area contributed by atoms with E-state index in [1.165, 1.54) is 30.1 Å². The Balaban J connectivity index is 1.85. The number of rotatable bonds is 6. The first kappa shape index (κ1) is 17.5. The molecule has 0 radical (unpaired) electrons. The number of thioether (sulfide) groups is 1. The van der Waals surface area contributed by atoms with Crippen LogP contribution in [0.3, 0.4) is 0 Å². The maximum Gasteiger partial charge on any atom is 0.252 e. The summed E-state index contributed by atoms with van der Waals surface area (Å²) >= 11 is 7.38. The number of amides is 1. The van der Waals surface area contributed by atoms with E-state index < -0.39 is 5.82 Å². The minimum Gasteiger partial charge on any atom is -0.272 e. The lowest BCUT2D eigenvalue weighted by atomic mass is 10.2. The fourth-order valence-corrected chi connectivity index (χ4v) is 2.81. The molecule has 0 aliphatic rings. The van der Waals surface area contributed by atoms with Crippen molar-refractivity contribution < 1.29 is 9.18 Å². The molecule has 23 heavy (non-hydrogen) atoms. The van der Waals surface area contributed by atoms with Crippen molar-refractivity contribution in [1.82, 2.24) is 5.43 Å². The number of carbonyl (C=O) groups is 1. The van der Waals surface area contributed by atoms with Crippen LogP contribution in [-0.2, 0) is 10.5 Å². The zero-order valence-corrected chi connectivity index (χ0v) is 14.1. The maximum absolute atomic E-state index is 13.5. The first-order valence-electron chi connectivity index (χ1n) is 7.00. The second-order valence-corrected chi connectivity index (χ2v) is 6.54. The van der Waals surface area contributed by atoms with Crippen LogP contribution in [0.4, 0.5) is 4.39 Å². The molecule has 6 heteroatoms. The van der Waals surface area contributed by atoms with Crippen molar-refractivity contribution in [3.8, 4) is 0 Å². The van der Waals surface area contributed by atoms with Crippen molar-refractivity contribution in [1.29, 1.82) is 0 Å². The molecule has 0 aromatic heterocycles. The third-order valence-corrected chi connectivity index (χ3v) is 4.62. The van der Waals surface area contributed by atoms with Gasteiger partial charge in [-0.25, -0.2) is 9.82 Å². The van der Waals surface area contributed by atoms with Crippen molar-refractivity contribution in [2.45, 2.75) is 17.9 Å². The Hall–Kier alpha value is -1.85. The van der Waals surface area contributed by atoms with Crippen LogP contribution in [0.15, 0.2) is 53.6 Å². The minimum absolute atomic E-state index is 0.152. The lowest BCUT2D eigenvalue weighted by Gasteiger charge is -2.09. The zero-order valence-electron chi connectivity index (χ0n) is 12.5. The Labute approximate surface area is 143 Å². The van der Waals surface area contributed by atoms with Gasteiger partial charge in [0, 0.05) is 11.3 Å². The number of nitrogens with zero attached hydrogens (tertiary/aromatic N) is 1. The fourth-order valence-electron chi connectivity index (χ4n) is 1.76. The number of hydrogen-bond donors (Lipinski definition) is 1. The molecule has 2 aromatic carbocycles. The van der Waals surface area contributed by atoms with E-state index in [0.717, 1.165) is 11.3 Å². The van der Waals surface area contributed by atoms with Crippen LogP contribution in [0.25, 0.3) is 0 Å². The normalized spacial score (nSPS) is 12.3. The average molecular weight is 351 g/mol. The Morgan fingerprint density at radius 3 is 2.74 bits per heavy atom. The van der Waals surface area contributed by atoms with Crippen LogP contribution in [0.2, 0.25) is 5.02 Å². The fraction of sp³-hybridized carbons (Fsp3) is 0.176. The van der Waals surface area contributed by atoms with E-state index in [0.29, 0.717) is 0 Å². The third-order valence-electron chi connectivity index (χ3n) is 3.08. The van der Waals surface area contributed by atoms with E-state index >= 15 is 0 Å². The number of benzene rings is 2. The number of halogens is 2.